The minimum atomic E-state index is 0.218. The van der Waals surface area contributed by atoms with Gasteiger partial charge < -0.3 is 10.6 Å². The number of thiocarbonyl (C=S) groups is 1. The summed E-state index contributed by atoms with van der Waals surface area (Å²) in [6, 6.07) is 8.06. The summed E-state index contributed by atoms with van der Waals surface area (Å²) in [5, 5.41) is 7.51. The van der Waals surface area contributed by atoms with Gasteiger partial charge in [-0.15, -0.1) is 0 Å². The molecule has 0 bridgehead atoms. The molecule has 0 amide bonds. The van der Waals surface area contributed by atoms with Gasteiger partial charge in [0.2, 0.25) is 0 Å². The maximum Gasteiger partial charge on any atom is 0.171 e. The number of halogens is 1. The molecule has 0 saturated heterocycles. The van der Waals surface area contributed by atoms with Gasteiger partial charge in [0.05, 0.1) is 0 Å². The van der Waals surface area contributed by atoms with Crippen molar-refractivity contribution in [2.75, 3.05) is 5.32 Å². The molecule has 1 aromatic rings. The lowest BCUT2D eigenvalue weighted by Crippen LogP contribution is -2.47. The summed E-state index contributed by atoms with van der Waals surface area (Å²) in [5.74, 6) is 0. The largest absolute Gasteiger partial charge is 0.357 e. The van der Waals surface area contributed by atoms with E-state index >= 15 is 0 Å². The van der Waals surface area contributed by atoms with Crippen molar-refractivity contribution < 1.29 is 0 Å². The third-order valence-electron chi connectivity index (χ3n) is 3.70. The van der Waals surface area contributed by atoms with Crippen LogP contribution >= 0.6 is 28.1 Å². The van der Waals surface area contributed by atoms with Crippen molar-refractivity contribution in [2.45, 2.75) is 44.6 Å². The Morgan fingerprint density at radius 1 is 1.39 bits per heavy atom. The lowest BCUT2D eigenvalue weighted by molar-refractivity contribution is 0.378. The maximum atomic E-state index is 5.42. The molecule has 2 nitrogen and oxygen atoms in total. The van der Waals surface area contributed by atoms with Gasteiger partial charge in [0.15, 0.2) is 5.11 Å². The van der Waals surface area contributed by atoms with Crippen LogP contribution in [0.2, 0.25) is 0 Å². The van der Waals surface area contributed by atoms with Crippen LogP contribution in [0.25, 0.3) is 0 Å². The molecule has 1 aromatic carbocycles. The summed E-state index contributed by atoms with van der Waals surface area (Å²) in [6.07, 6.45) is 6.20. The zero-order chi connectivity index (χ0) is 13.0. The Hall–Kier alpha value is -0.610. The highest BCUT2D eigenvalue weighted by Gasteiger charge is 2.32. The normalized spacial score (nSPS) is 17.4. The van der Waals surface area contributed by atoms with Crippen molar-refractivity contribution in [2.24, 2.45) is 0 Å². The van der Waals surface area contributed by atoms with E-state index in [1.807, 2.05) is 24.3 Å². The minimum Gasteiger partial charge on any atom is -0.357 e. The molecule has 1 aliphatic rings. The second kappa shape index (κ2) is 6.02. The SMILES string of the molecule is CCC1(NC(=S)Nc2cccc(Br)c2)CCCC1. The summed E-state index contributed by atoms with van der Waals surface area (Å²) in [7, 11) is 0. The van der Waals surface area contributed by atoms with Gasteiger partial charge in [0.25, 0.3) is 0 Å². The maximum absolute atomic E-state index is 5.42. The van der Waals surface area contributed by atoms with Gasteiger partial charge in [0, 0.05) is 15.7 Å². The zero-order valence-electron chi connectivity index (χ0n) is 10.6. The average molecular weight is 327 g/mol. The fraction of sp³-hybridized carbons (Fsp3) is 0.500. The van der Waals surface area contributed by atoms with E-state index in [9.17, 15) is 0 Å². The Morgan fingerprint density at radius 3 is 2.72 bits per heavy atom. The van der Waals surface area contributed by atoms with Gasteiger partial charge >= 0.3 is 0 Å². The van der Waals surface area contributed by atoms with Crippen molar-refractivity contribution >= 4 is 38.9 Å². The van der Waals surface area contributed by atoms with E-state index < -0.39 is 0 Å². The molecule has 0 atom stereocenters. The first-order valence-electron chi connectivity index (χ1n) is 6.48. The summed E-state index contributed by atoms with van der Waals surface area (Å²) >= 11 is 8.88. The molecule has 4 heteroatoms. The fourth-order valence-electron chi connectivity index (χ4n) is 2.59. The minimum absolute atomic E-state index is 0.218. The van der Waals surface area contributed by atoms with Crippen LogP contribution in [0.4, 0.5) is 5.69 Å². The Labute approximate surface area is 123 Å². The second-order valence-electron chi connectivity index (χ2n) is 4.93. The Balaban J connectivity index is 1.96. The molecule has 0 aromatic heterocycles. The molecule has 0 aliphatic heterocycles. The van der Waals surface area contributed by atoms with Gasteiger partial charge in [-0.2, -0.15) is 0 Å². The Morgan fingerprint density at radius 2 is 2.11 bits per heavy atom. The predicted octanol–water partition coefficient (Wildman–Crippen LogP) is 4.46. The number of nitrogens with one attached hydrogen (secondary N) is 2. The molecule has 0 unspecified atom stereocenters. The van der Waals surface area contributed by atoms with Crippen LogP contribution < -0.4 is 10.6 Å². The Kier molecular flexibility index (Phi) is 4.62. The second-order valence-corrected chi connectivity index (χ2v) is 6.25. The smallest absolute Gasteiger partial charge is 0.171 e. The number of benzene rings is 1. The van der Waals surface area contributed by atoms with E-state index in [4.69, 9.17) is 12.2 Å². The Bertz CT molecular complexity index is 428. The monoisotopic (exact) mass is 326 g/mol. The van der Waals surface area contributed by atoms with Crippen LogP contribution in [0.1, 0.15) is 39.0 Å². The number of hydrogen-bond donors (Lipinski definition) is 2. The van der Waals surface area contributed by atoms with Gasteiger partial charge in [-0.05, 0) is 49.7 Å². The fourth-order valence-corrected chi connectivity index (χ4v) is 3.32. The zero-order valence-corrected chi connectivity index (χ0v) is 13.0. The van der Waals surface area contributed by atoms with E-state index in [0.717, 1.165) is 21.7 Å². The molecule has 1 aliphatic carbocycles. The molecule has 0 radical (unpaired) electrons. The van der Waals surface area contributed by atoms with Gasteiger partial charge in [-0.25, -0.2) is 0 Å². The van der Waals surface area contributed by atoms with Gasteiger partial charge in [0.1, 0.15) is 0 Å². The first kappa shape index (κ1) is 13.8. The molecule has 2 rings (SSSR count). The summed E-state index contributed by atoms with van der Waals surface area (Å²) in [6.45, 7) is 2.24. The van der Waals surface area contributed by atoms with Crippen molar-refractivity contribution in [1.82, 2.24) is 5.32 Å². The van der Waals surface area contributed by atoms with Gasteiger partial charge in [-0.3, -0.25) is 0 Å². The number of anilines is 1. The third-order valence-corrected chi connectivity index (χ3v) is 4.40. The summed E-state index contributed by atoms with van der Waals surface area (Å²) < 4.78 is 1.06. The summed E-state index contributed by atoms with van der Waals surface area (Å²) in [5.41, 5.74) is 1.24. The van der Waals surface area contributed by atoms with E-state index in [1.54, 1.807) is 0 Å². The molecular weight excluding hydrogens is 308 g/mol. The molecule has 2 N–H and O–H groups in total. The molecule has 0 heterocycles. The third kappa shape index (κ3) is 3.45. The van der Waals surface area contributed by atoms with Crippen molar-refractivity contribution in [3.8, 4) is 0 Å². The van der Waals surface area contributed by atoms with Crippen LogP contribution in [0.15, 0.2) is 28.7 Å². The molecule has 18 heavy (non-hydrogen) atoms. The quantitative estimate of drug-likeness (QED) is 0.802. The lowest BCUT2D eigenvalue weighted by Gasteiger charge is -2.30. The highest BCUT2D eigenvalue weighted by Crippen LogP contribution is 2.32. The van der Waals surface area contributed by atoms with Crippen LogP contribution in [0.5, 0.6) is 0 Å². The molecular formula is C14H19BrN2S. The summed E-state index contributed by atoms with van der Waals surface area (Å²) in [4.78, 5) is 0. The highest BCUT2D eigenvalue weighted by atomic mass is 79.9. The number of rotatable bonds is 3. The van der Waals surface area contributed by atoms with Crippen LogP contribution in [0.3, 0.4) is 0 Å². The first-order chi connectivity index (χ1) is 8.63. The standard InChI is InChI=1S/C14H19BrN2S/c1-2-14(8-3-4-9-14)17-13(18)16-12-7-5-6-11(15)10-12/h5-7,10H,2-4,8-9H2,1H3,(H2,16,17,18). The van der Waals surface area contributed by atoms with Crippen LogP contribution in [-0.4, -0.2) is 10.7 Å². The van der Waals surface area contributed by atoms with Gasteiger partial charge in [-0.1, -0.05) is 41.8 Å². The predicted molar refractivity (Wildman–Crippen MR) is 85.0 cm³/mol. The van der Waals surface area contributed by atoms with Crippen LogP contribution in [0, 0.1) is 0 Å². The van der Waals surface area contributed by atoms with E-state index in [-0.39, 0.29) is 5.54 Å². The molecule has 1 saturated carbocycles. The molecule has 98 valence electrons. The number of hydrogen-bond acceptors (Lipinski definition) is 1. The topological polar surface area (TPSA) is 24.1 Å². The first-order valence-corrected chi connectivity index (χ1v) is 7.68. The average Bonchev–Trinajstić information content (AvgIpc) is 2.78. The molecule has 1 fully saturated rings. The van der Waals surface area contributed by atoms with E-state index in [0.29, 0.717) is 0 Å². The van der Waals surface area contributed by atoms with Crippen molar-refractivity contribution in [3.05, 3.63) is 28.7 Å². The lowest BCUT2D eigenvalue weighted by atomic mass is 9.95. The van der Waals surface area contributed by atoms with Crippen molar-refractivity contribution in [1.29, 1.82) is 0 Å². The highest BCUT2D eigenvalue weighted by molar-refractivity contribution is 9.10. The van der Waals surface area contributed by atoms with Crippen molar-refractivity contribution in [3.63, 3.8) is 0 Å². The van der Waals surface area contributed by atoms with E-state index in [2.05, 4.69) is 33.5 Å². The molecule has 0 spiro atoms. The van der Waals surface area contributed by atoms with Crippen LogP contribution in [-0.2, 0) is 0 Å². The van der Waals surface area contributed by atoms with E-state index in [1.165, 1.54) is 25.7 Å².